The third-order valence-electron chi connectivity index (χ3n) is 1.85. The minimum Gasteiger partial charge on any atom is -0.469 e. The van der Waals surface area contributed by atoms with Crippen LogP contribution in [-0.2, 0) is 9.53 Å². The fourth-order valence-corrected chi connectivity index (χ4v) is 1.27. The fraction of sp³-hybridized carbons (Fsp3) is 0.727. The predicted octanol–water partition coefficient (Wildman–Crippen LogP) is 2.90. The van der Waals surface area contributed by atoms with Crippen LogP contribution in [0.15, 0.2) is 0 Å². The van der Waals surface area contributed by atoms with Gasteiger partial charge >= 0.3 is 5.97 Å². The van der Waals surface area contributed by atoms with Crippen molar-refractivity contribution < 1.29 is 9.53 Å². The maximum Gasteiger partial charge on any atom is 0.305 e. The highest BCUT2D eigenvalue weighted by atomic mass is 79.9. The van der Waals surface area contributed by atoms with Crippen molar-refractivity contribution in [3.8, 4) is 11.8 Å². The molecule has 0 unspecified atom stereocenters. The molecule has 0 heterocycles. The number of rotatable bonds is 6. The molecule has 0 aromatic carbocycles. The van der Waals surface area contributed by atoms with E-state index in [2.05, 4.69) is 32.5 Å². The average molecular weight is 261 g/mol. The lowest BCUT2D eigenvalue weighted by atomic mass is 10.1. The van der Waals surface area contributed by atoms with Crippen LogP contribution < -0.4 is 0 Å². The number of hydrogen-bond acceptors (Lipinski definition) is 2. The summed E-state index contributed by atoms with van der Waals surface area (Å²) in [6, 6.07) is 0. The second-order valence-electron chi connectivity index (χ2n) is 2.98. The van der Waals surface area contributed by atoms with Crippen molar-refractivity contribution in [2.75, 3.05) is 12.4 Å². The average Bonchev–Trinajstić information content (AvgIpc) is 2.21. The summed E-state index contributed by atoms with van der Waals surface area (Å²) in [4.78, 5) is 10.7. The second kappa shape index (κ2) is 10.6. The Morgan fingerprint density at radius 3 is 2.57 bits per heavy atom. The molecule has 0 radical (unpaired) electrons. The second-order valence-corrected chi connectivity index (χ2v) is 3.54. The largest absolute Gasteiger partial charge is 0.469 e. The van der Waals surface area contributed by atoms with E-state index in [1.807, 2.05) is 0 Å². The molecule has 2 nitrogen and oxygen atoms in total. The topological polar surface area (TPSA) is 26.3 Å². The minimum absolute atomic E-state index is 0.107. The van der Waals surface area contributed by atoms with Crippen molar-refractivity contribution >= 4 is 21.9 Å². The first kappa shape index (κ1) is 13.5. The van der Waals surface area contributed by atoms with Crippen LogP contribution in [0, 0.1) is 11.8 Å². The Balaban J connectivity index is 3.10. The van der Waals surface area contributed by atoms with E-state index in [9.17, 15) is 4.79 Å². The molecule has 0 saturated heterocycles. The van der Waals surface area contributed by atoms with Crippen molar-refractivity contribution in [2.24, 2.45) is 0 Å². The molecule has 0 aliphatic carbocycles. The van der Waals surface area contributed by atoms with Gasteiger partial charge in [-0.3, -0.25) is 4.79 Å². The molecule has 80 valence electrons. The Bertz CT molecular complexity index is 203. The van der Waals surface area contributed by atoms with Crippen LogP contribution in [0.5, 0.6) is 0 Å². The highest BCUT2D eigenvalue weighted by Crippen LogP contribution is 2.05. The monoisotopic (exact) mass is 260 g/mol. The number of alkyl halides is 1. The summed E-state index contributed by atoms with van der Waals surface area (Å²) < 4.78 is 4.54. The number of unbranched alkanes of at least 4 members (excludes halogenated alkanes) is 4. The van der Waals surface area contributed by atoms with E-state index < -0.39 is 0 Å². The number of carbonyl (C=O) groups excluding carboxylic acids is 1. The van der Waals surface area contributed by atoms with Gasteiger partial charge in [0, 0.05) is 12.8 Å². The Kier molecular flexibility index (Phi) is 10.2. The van der Waals surface area contributed by atoms with Gasteiger partial charge in [0.15, 0.2) is 0 Å². The van der Waals surface area contributed by atoms with Gasteiger partial charge in [0.1, 0.15) is 0 Å². The molecule has 0 saturated carbocycles. The summed E-state index contributed by atoms with van der Waals surface area (Å²) in [5.74, 6) is 5.91. The maximum absolute atomic E-state index is 10.7. The summed E-state index contributed by atoms with van der Waals surface area (Å²) in [6.07, 6.45) is 5.80. The third kappa shape index (κ3) is 9.60. The molecule has 0 fully saturated rings. The summed E-state index contributed by atoms with van der Waals surface area (Å²) >= 11 is 3.24. The predicted molar refractivity (Wildman–Crippen MR) is 61.3 cm³/mol. The Hall–Kier alpha value is -0.490. The maximum atomic E-state index is 10.7. The minimum atomic E-state index is -0.107. The van der Waals surface area contributed by atoms with Gasteiger partial charge in [0.25, 0.3) is 0 Å². The first-order chi connectivity index (χ1) is 6.81. The molecule has 0 spiro atoms. The van der Waals surface area contributed by atoms with Gasteiger partial charge in [-0.05, 0) is 12.8 Å². The molecular formula is C11H17BrO2. The normalized spacial score (nSPS) is 9.00. The highest BCUT2D eigenvalue weighted by Gasteiger charge is 1.98. The summed E-state index contributed by atoms with van der Waals surface area (Å²) in [7, 11) is 1.43. The molecule has 0 aromatic rings. The van der Waals surface area contributed by atoms with Gasteiger partial charge in [-0.15, -0.1) is 5.92 Å². The molecule has 0 aliphatic heterocycles. The van der Waals surface area contributed by atoms with E-state index >= 15 is 0 Å². The van der Waals surface area contributed by atoms with Crippen molar-refractivity contribution in [1.29, 1.82) is 0 Å². The molecule has 0 atom stereocenters. The van der Waals surface area contributed by atoms with E-state index in [-0.39, 0.29) is 5.97 Å². The van der Waals surface area contributed by atoms with Gasteiger partial charge in [-0.25, -0.2) is 0 Å². The van der Waals surface area contributed by atoms with Crippen LogP contribution in [-0.4, -0.2) is 18.4 Å². The number of hydrogen-bond donors (Lipinski definition) is 0. The lowest BCUT2D eigenvalue weighted by Gasteiger charge is -1.98. The van der Waals surface area contributed by atoms with Crippen molar-refractivity contribution in [2.45, 2.75) is 38.5 Å². The fourth-order valence-electron chi connectivity index (χ4n) is 1.07. The van der Waals surface area contributed by atoms with Gasteiger partial charge in [0.2, 0.25) is 0 Å². The number of ether oxygens (including phenoxy) is 1. The molecule has 0 amide bonds. The summed E-state index contributed by atoms with van der Waals surface area (Å²) in [6.45, 7) is 0. The van der Waals surface area contributed by atoms with Crippen molar-refractivity contribution in [3.05, 3.63) is 0 Å². The summed E-state index contributed by atoms with van der Waals surface area (Å²) in [5, 5.41) is 0.759. The van der Waals surface area contributed by atoms with Crippen molar-refractivity contribution in [3.63, 3.8) is 0 Å². The molecule has 0 aromatic heterocycles. The van der Waals surface area contributed by atoms with Crippen LogP contribution in [0.1, 0.15) is 38.5 Å². The van der Waals surface area contributed by atoms with E-state index in [1.165, 1.54) is 7.11 Å². The number of carbonyl (C=O) groups is 1. The number of methoxy groups -OCH3 is 1. The first-order valence-corrected chi connectivity index (χ1v) is 6.02. The molecule has 14 heavy (non-hydrogen) atoms. The highest BCUT2D eigenvalue weighted by molar-refractivity contribution is 9.09. The number of halogens is 1. The standard InChI is InChI=1S/C11H17BrO2/c1-14-11(13)9-7-5-3-2-4-6-8-10-12/h2-5,7,9-10H2,1H3. The van der Waals surface area contributed by atoms with Crippen LogP contribution in [0.3, 0.4) is 0 Å². The van der Waals surface area contributed by atoms with E-state index in [0.717, 1.165) is 37.4 Å². The van der Waals surface area contributed by atoms with Crippen LogP contribution in [0.25, 0.3) is 0 Å². The lowest BCUT2D eigenvalue weighted by Crippen LogP contribution is -1.98. The van der Waals surface area contributed by atoms with Gasteiger partial charge in [0.05, 0.1) is 12.4 Å². The molecule has 0 N–H and O–H groups in total. The Morgan fingerprint density at radius 1 is 1.21 bits per heavy atom. The van der Waals surface area contributed by atoms with Crippen LogP contribution in [0.4, 0.5) is 0 Å². The zero-order valence-corrected chi connectivity index (χ0v) is 10.2. The lowest BCUT2D eigenvalue weighted by molar-refractivity contribution is -0.140. The molecule has 0 bridgehead atoms. The van der Waals surface area contributed by atoms with E-state index in [1.54, 1.807) is 0 Å². The quantitative estimate of drug-likeness (QED) is 0.318. The molecule has 0 rings (SSSR count). The molecule has 3 heteroatoms. The van der Waals surface area contributed by atoms with E-state index in [0.29, 0.717) is 6.42 Å². The SMILES string of the molecule is COC(=O)CCCCCCC#CCBr. The van der Waals surface area contributed by atoms with E-state index in [4.69, 9.17) is 0 Å². The zero-order chi connectivity index (χ0) is 10.6. The molecule has 0 aliphatic rings. The van der Waals surface area contributed by atoms with Crippen molar-refractivity contribution in [1.82, 2.24) is 0 Å². The van der Waals surface area contributed by atoms with Gasteiger partial charge in [-0.2, -0.15) is 0 Å². The van der Waals surface area contributed by atoms with Gasteiger partial charge in [-0.1, -0.05) is 34.7 Å². The Morgan fingerprint density at radius 2 is 1.93 bits per heavy atom. The number of esters is 1. The summed E-state index contributed by atoms with van der Waals surface area (Å²) in [5.41, 5.74) is 0. The first-order valence-electron chi connectivity index (χ1n) is 4.89. The third-order valence-corrected chi connectivity index (χ3v) is 2.13. The Labute approximate surface area is 94.5 Å². The smallest absolute Gasteiger partial charge is 0.305 e. The van der Waals surface area contributed by atoms with Crippen LogP contribution >= 0.6 is 15.9 Å². The zero-order valence-electron chi connectivity index (χ0n) is 8.64. The molecular weight excluding hydrogens is 244 g/mol. The van der Waals surface area contributed by atoms with Gasteiger partial charge < -0.3 is 4.74 Å². The van der Waals surface area contributed by atoms with Crippen LogP contribution in [0.2, 0.25) is 0 Å².